The minimum Gasteiger partial charge on any atom is -0.494 e. The van der Waals surface area contributed by atoms with Crippen LogP contribution in [-0.4, -0.2) is 45.9 Å². The molecule has 0 saturated carbocycles. The van der Waals surface area contributed by atoms with Gasteiger partial charge >= 0.3 is 0 Å². The monoisotopic (exact) mass is 516 g/mol. The summed E-state index contributed by atoms with van der Waals surface area (Å²) in [5, 5.41) is 5.64. The van der Waals surface area contributed by atoms with Gasteiger partial charge in [0.25, 0.3) is 0 Å². The molecule has 1 aromatic heterocycles. The highest BCUT2D eigenvalue weighted by Gasteiger charge is 2.13. The topological polar surface area (TPSA) is 43.2 Å². The summed E-state index contributed by atoms with van der Waals surface area (Å²) >= 11 is 6.05. The highest BCUT2D eigenvalue weighted by atomic mass is 35.5. The van der Waals surface area contributed by atoms with Gasteiger partial charge in [-0.05, 0) is 85.6 Å². The van der Waals surface area contributed by atoms with Crippen LogP contribution in [0.5, 0.6) is 5.75 Å². The summed E-state index contributed by atoms with van der Waals surface area (Å²) in [4.78, 5) is 7.33. The summed E-state index contributed by atoms with van der Waals surface area (Å²) in [6, 6.07) is 24.5. The predicted octanol–water partition coefficient (Wildman–Crippen LogP) is 7.71. The Hall–Kier alpha value is -3.15. The standard InChI is InChI=1S/C31H37ClN4O/c1-4-7-9-30-33-31(26-14-20-29(21-15-26)37-23-8-22-35(5-2)6-3)34-36(30)28-18-12-25(13-19-28)24-10-16-27(32)17-11-24/h10-21H,4-9,22-23H2,1-3H3. The molecular weight excluding hydrogens is 480 g/mol. The zero-order chi connectivity index (χ0) is 26.0. The second-order valence-electron chi connectivity index (χ2n) is 9.17. The van der Waals surface area contributed by atoms with Crippen molar-refractivity contribution in [2.45, 2.75) is 46.5 Å². The summed E-state index contributed by atoms with van der Waals surface area (Å²) in [6.07, 6.45) is 4.09. The molecule has 5 nitrogen and oxygen atoms in total. The van der Waals surface area contributed by atoms with Crippen LogP contribution in [0.1, 0.15) is 45.9 Å². The van der Waals surface area contributed by atoms with Gasteiger partial charge in [-0.25, -0.2) is 9.67 Å². The molecule has 0 fully saturated rings. The van der Waals surface area contributed by atoms with Crippen LogP contribution in [0, 0.1) is 0 Å². The molecule has 0 unspecified atom stereocenters. The van der Waals surface area contributed by atoms with Crippen LogP contribution >= 0.6 is 11.6 Å². The van der Waals surface area contributed by atoms with Crippen LogP contribution in [0.25, 0.3) is 28.2 Å². The van der Waals surface area contributed by atoms with E-state index < -0.39 is 0 Å². The van der Waals surface area contributed by atoms with Crippen LogP contribution in [-0.2, 0) is 6.42 Å². The van der Waals surface area contributed by atoms with Crippen LogP contribution in [0.2, 0.25) is 5.02 Å². The fourth-order valence-electron chi connectivity index (χ4n) is 4.33. The lowest BCUT2D eigenvalue weighted by molar-refractivity contribution is 0.249. The molecule has 0 N–H and O–H groups in total. The lowest BCUT2D eigenvalue weighted by atomic mass is 10.1. The highest BCUT2D eigenvalue weighted by molar-refractivity contribution is 6.30. The molecule has 0 amide bonds. The van der Waals surface area contributed by atoms with Gasteiger partial charge in [-0.1, -0.05) is 63.1 Å². The van der Waals surface area contributed by atoms with E-state index in [1.54, 1.807) is 0 Å². The molecule has 3 aromatic carbocycles. The SMILES string of the molecule is CCCCc1nc(-c2ccc(OCCCN(CC)CC)cc2)nn1-c1ccc(-c2ccc(Cl)cc2)cc1. The molecule has 0 radical (unpaired) electrons. The average Bonchev–Trinajstić information content (AvgIpc) is 3.37. The first kappa shape index (κ1) is 26.9. The van der Waals surface area contributed by atoms with Gasteiger partial charge in [0.1, 0.15) is 11.6 Å². The van der Waals surface area contributed by atoms with Crippen molar-refractivity contribution in [3.05, 3.63) is 83.6 Å². The number of hydrogen-bond acceptors (Lipinski definition) is 4. The van der Waals surface area contributed by atoms with Crippen molar-refractivity contribution in [2.24, 2.45) is 0 Å². The Morgan fingerprint density at radius 3 is 2.03 bits per heavy atom. The number of rotatable bonds is 13. The maximum Gasteiger partial charge on any atom is 0.181 e. The van der Waals surface area contributed by atoms with E-state index in [-0.39, 0.29) is 0 Å². The third kappa shape index (κ3) is 7.21. The Kier molecular flexibility index (Phi) is 9.75. The highest BCUT2D eigenvalue weighted by Crippen LogP contribution is 2.25. The molecule has 0 aliphatic carbocycles. The smallest absolute Gasteiger partial charge is 0.181 e. The number of benzene rings is 3. The van der Waals surface area contributed by atoms with Crippen LogP contribution in [0.3, 0.4) is 0 Å². The molecule has 0 bridgehead atoms. The summed E-state index contributed by atoms with van der Waals surface area (Å²) < 4.78 is 7.94. The molecule has 6 heteroatoms. The molecule has 4 aromatic rings. The fourth-order valence-corrected chi connectivity index (χ4v) is 4.45. The van der Waals surface area contributed by atoms with Gasteiger partial charge in [0.05, 0.1) is 12.3 Å². The molecule has 0 spiro atoms. The van der Waals surface area contributed by atoms with Gasteiger partial charge in [0.15, 0.2) is 5.82 Å². The third-order valence-electron chi connectivity index (χ3n) is 6.61. The second kappa shape index (κ2) is 13.4. The maximum absolute atomic E-state index is 6.05. The maximum atomic E-state index is 6.05. The zero-order valence-electron chi connectivity index (χ0n) is 22.2. The van der Waals surface area contributed by atoms with Gasteiger partial charge in [-0.15, -0.1) is 5.10 Å². The van der Waals surface area contributed by atoms with Gasteiger partial charge in [-0.3, -0.25) is 0 Å². The number of halogens is 1. The number of unbranched alkanes of at least 4 members (excludes halogenated alkanes) is 1. The van der Waals surface area contributed by atoms with Crippen molar-refractivity contribution in [1.82, 2.24) is 19.7 Å². The number of ether oxygens (including phenoxy) is 1. The Morgan fingerprint density at radius 2 is 1.41 bits per heavy atom. The van der Waals surface area contributed by atoms with Gasteiger partial charge in [-0.2, -0.15) is 0 Å². The first-order valence-electron chi connectivity index (χ1n) is 13.4. The zero-order valence-corrected chi connectivity index (χ0v) is 22.9. The molecule has 4 rings (SSSR count). The molecule has 37 heavy (non-hydrogen) atoms. The Balaban J connectivity index is 1.48. The van der Waals surface area contributed by atoms with Crippen molar-refractivity contribution in [2.75, 3.05) is 26.2 Å². The van der Waals surface area contributed by atoms with Crippen molar-refractivity contribution < 1.29 is 4.74 Å². The fraction of sp³-hybridized carbons (Fsp3) is 0.355. The van der Waals surface area contributed by atoms with Crippen LogP contribution in [0.4, 0.5) is 0 Å². The van der Waals surface area contributed by atoms with Crippen molar-refractivity contribution in [3.8, 4) is 34.0 Å². The van der Waals surface area contributed by atoms with E-state index in [9.17, 15) is 0 Å². The van der Waals surface area contributed by atoms with E-state index in [4.69, 9.17) is 26.4 Å². The number of nitrogens with zero attached hydrogens (tertiary/aromatic N) is 4. The number of aryl methyl sites for hydroxylation is 1. The minimum absolute atomic E-state index is 0.718. The summed E-state index contributed by atoms with van der Waals surface area (Å²) in [7, 11) is 0. The summed E-state index contributed by atoms with van der Waals surface area (Å²) in [5.74, 6) is 2.60. The Bertz CT molecular complexity index is 1230. The van der Waals surface area contributed by atoms with Crippen LogP contribution < -0.4 is 4.74 Å². The number of hydrogen-bond donors (Lipinski definition) is 0. The summed E-state index contributed by atoms with van der Waals surface area (Å²) in [5.41, 5.74) is 4.28. The van der Waals surface area contributed by atoms with Crippen molar-refractivity contribution in [3.63, 3.8) is 0 Å². The van der Waals surface area contributed by atoms with E-state index in [1.165, 1.54) is 0 Å². The average molecular weight is 517 g/mol. The normalized spacial score (nSPS) is 11.3. The molecule has 0 aliphatic rings. The quantitative estimate of drug-likeness (QED) is 0.171. The van der Waals surface area contributed by atoms with Crippen LogP contribution in [0.15, 0.2) is 72.8 Å². The molecular formula is C31H37ClN4O. The molecule has 0 saturated heterocycles. The number of aromatic nitrogens is 3. The lowest BCUT2D eigenvalue weighted by Crippen LogP contribution is -2.25. The van der Waals surface area contributed by atoms with Crippen molar-refractivity contribution in [1.29, 1.82) is 0 Å². The van der Waals surface area contributed by atoms with E-state index in [1.807, 2.05) is 53.2 Å². The molecule has 1 heterocycles. The first-order chi connectivity index (χ1) is 18.1. The summed E-state index contributed by atoms with van der Waals surface area (Å²) in [6.45, 7) is 10.5. The van der Waals surface area contributed by atoms with E-state index in [0.717, 1.165) is 96.7 Å². The lowest BCUT2D eigenvalue weighted by Gasteiger charge is -2.17. The van der Waals surface area contributed by atoms with E-state index in [0.29, 0.717) is 0 Å². The Morgan fingerprint density at radius 1 is 0.784 bits per heavy atom. The van der Waals surface area contributed by atoms with Gasteiger partial charge in [0, 0.05) is 23.6 Å². The predicted molar refractivity (Wildman–Crippen MR) is 154 cm³/mol. The molecule has 0 aliphatic heterocycles. The first-order valence-corrected chi connectivity index (χ1v) is 13.8. The minimum atomic E-state index is 0.718. The second-order valence-corrected chi connectivity index (χ2v) is 9.61. The van der Waals surface area contributed by atoms with E-state index in [2.05, 4.69) is 49.9 Å². The van der Waals surface area contributed by atoms with Gasteiger partial charge < -0.3 is 9.64 Å². The molecule has 0 atom stereocenters. The third-order valence-corrected chi connectivity index (χ3v) is 6.86. The Labute approximate surface area is 226 Å². The molecule has 194 valence electrons. The van der Waals surface area contributed by atoms with Crippen molar-refractivity contribution >= 4 is 11.6 Å². The van der Waals surface area contributed by atoms with E-state index >= 15 is 0 Å². The largest absolute Gasteiger partial charge is 0.494 e. The van der Waals surface area contributed by atoms with Gasteiger partial charge in [0.2, 0.25) is 0 Å².